The lowest BCUT2D eigenvalue weighted by Gasteiger charge is -2.14. The second kappa shape index (κ2) is 6.90. The van der Waals surface area contributed by atoms with Crippen LogP contribution >= 0.6 is 0 Å². The number of rotatable bonds is 4. The zero-order valence-corrected chi connectivity index (χ0v) is 12.3. The average molecular weight is 287 g/mol. The van der Waals surface area contributed by atoms with E-state index < -0.39 is 0 Å². The number of halogens is 1. The van der Waals surface area contributed by atoms with E-state index in [2.05, 4.69) is 5.32 Å². The van der Waals surface area contributed by atoms with Crippen molar-refractivity contribution in [2.45, 2.75) is 51.1 Å². The molecule has 1 fully saturated rings. The fraction of sp³-hybridized carbons (Fsp3) is 0.444. The SMILES string of the molecule is Fc1ccccc1-c1ccc(CNC2CCCCCC2)o1. The van der Waals surface area contributed by atoms with Gasteiger partial charge in [-0.25, -0.2) is 4.39 Å². The molecule has 112 valence electrons. The molecule has 2 nitrogen and oxygen atoms in total. The predicted octanol–water partition coefficient (Wildman–Crippen LogP) is 4.90. The van der Waals surface area contributed by atoms with E-state index in [0.717, 1.165) is 12.3 Å². The van der Waals surface area contributed by atoms with Gasteiger partial charge < -0.3 is 9.73 Å². The summed E-state index contributed by atoms with van der Waals surface area (Å²) in [5, 5.41) is 3.57. The molecule has 1 saturated carbocycles. The lowest BCUT2D eigenvalue weighted by molar-refractivity contribution is 0.419. The smallest absolute Gasteiger partial charge is 0.137 e. The highest BCUT2D eigenvalue weighted by atomic mass is 19.1. The molecule has 1 aliphatic carbocycles. The standard InChI is InChI=1S/C18H22FNO/c19-17-10-6-5-9-16(17)18-12-11-15(21-18)13-20-14-7-3-1-2-4-8-14/h5-6,9-12,14,20H,1-4,7-8,13H2. The largest absolute Gasteiger partial charge is 0.460 e. The van der Waals surface area contributed by atoms with Crippen LogP contribution in [0.4, 0.5) is 4.39 Å². The van der Waals surface area contributed by atoms with Crippen LogP contribution in [0.15, 0.2) is 40.8 Å². The van der Waals surface area contributed by atoms with Crippen molar-refractivity contribution in [3.63, 3.8) is 0 Å². The van der Waals surface area contributed by atoms with E-state index in [1.165, 1.54) is 44.6 Å². The molecule has 1 aromatic carbocycles. The molecule has 2 aromatic rings. The third-order valence-corrected chi connectivity index (χ3v) is 4.22. The van der Waals surface area contributed by atoms with E-state index in [0.29, 0.717) is 17.4 Å². The third kappa shape index (κ3) is 3.73. The van der Waals surface area contributed by atoms with Crippen molar-refractivity contribution in [1.29, 1.82) is 0 Å². The summed E-state index contributed by atoms with van der Waals surface area (Å²) in [7, 11) is 0. The molecule has 1 N–H and O–H groups in total. The summed E-state index contributed by atoms with van der Waals surface area (Å²) in [4.78, 5) is 0. The summed E-state index contributed by atoms with van der Waals surface area (Å²) in [6.45, 7) is 0.721. The molecule has 3 rings (SSSR count). The molecule has 0 saturated heterocycles. The van der Waals surface area contributed by atoms with E-state index in [-0.39, 0.29) is 5.82 Å². The van der Waals surface area contributed by atoms with E-state index in [1.54, 1.807) is 12.1 Å². The van der Waals surface area contributed by atoms with Gasteiger partial charge in [0.2, 0.25) is 0 Å². The second-order valence-electron chi connectivity index (χ2n) is 5.82. The van der Waals surface area contributed by atoms with Crippen LogP contribution in [0.3, 0.4) is 0 Å². The molecule has 0 radical (unpaired) electrons. The molecular weight excluding hydrogens is 265 g/mol. The Hall–Kier alpha value is -1.61. The molecule has 21 heavy (non-hydrogen) atoms. The zero-order valence-electron chi connectivity index (χ0n) is 12.3. The second-order valence-corrected chi connectivity index (χ2v) is 5.82. The van der Waals surface area contributed by atoms with Gasteiger partial charge in [-0.05, 0) is 37.1 Å². The van der Waals surface area contributed by atoms with Crippen molar-refractivity contribution in [2.24, 2.45) is 0 Å². The molecule has 3 heteroatoms. The highest BCUT2D eigenvalue weighted by molar-refractivity contribution is 5.58. The van der Waals surface area contributed by atoms with Gasteiger partial charge in [0.05, 0.1) is 12.1 Å². The number of nitrogens with one attached hydrogen (secondary N) is 1. The van der Waals surface area contributed by atoms with Crippen LogP contribution in [-0.4, -0.2) is 6.04 Å². The molecular formula is C18H22FNO. The summed E-state index contributed by atoms with van der Waals surface area (Å²) in [5.74, 6) is 1.23. The number of hydrogen-bond donors (Lipinski definition) is 1. The van der Waals surface area contributed by atoms with Crippen molar-refractivity contribution in [3.05, 3.63) is 48.0 Å². The van der Waals surface area contributed by atoms with Gasteiger partial charge in [0.25, 0.3) is 0 Å². The molecule has 0 aliphatic heterocycles. The first-order valence-corrected chi connectivity index (χ1v) is 7.90. The molecule has 1 aliphatic rings. The lowest BCUT2D eigenvalue weighted by Crippen LogP contribution is -2.27. The summed E-state index contributed by atoms with van der Waals surface area (Å²) < 4.78 is 19.5. The van der Waals surface area contributed by atoms with Crippen LogP contribution < -0.4 is 5.32 Å². The van der Waals surface area contributed by atoms with Crippen molar-refractivity contribution in [1.82, 2.24) is 5.32 Å². The van der Waals surface area contributed by atoms with Gasteiger partial charge in [0.15, 0.2) is 0 Å². The van der Waals surface area contributed by atoms with Gasteiger partial charge >= 0.3 is 0 Å². The highest BCUT2D eigenvalue weighted by Gasteiger charge is 2.13. The monoisotopic (exact) mass is 287 g/mol. The predicted molar refractivity (Wildman–Crippen MR) is 82.4 cm³/mol. The van der Waals surface area contributed by atoms with Gasteiger partial charge in [-0.2, -0.15) is 0 Å². The average Bonchev–Trinajstić information content (AvgIpc) is 2.81. The Morgan fingerprint density at radius 3 is 2.52 bits per heavy atom. The third-order valence-electron chi connectivity index (χ3n) is 4.22. The Morgan fingerprint density at radius 1 is 1.00 bits per heavy atom. The van der Waals surface area contributed by atoms with Crippen LogP contribution in [-0.2, 0) is 6.54 Å². The van der Waals surface area contributed by atoms with Gasteiger partial charge in [-0.15, -0.1) is 0 Å². The first kappa shape index (κ1) is 14.3. The van der Waals surface area contributed by atoms with Crippen molar-refractivity contribution >= 4 is 0 Å². The highest BCUT2D eigenvalue weighted by Crippen LogP contribution is 2.25. The van der Waals surface area contributed by atoms with Gasteiger partial charge in [-0.3, -0.25) is 0 Å². The summed E-state index contributed by atoms with van der Waals surface area (Å²) in [6, 6.07) is 11.1. The van der Waals surface area contributed by atoms with Crippen LogP contribution in [0.1, 0.15) is 44.3 Å². The molecule has 0 atom stereocenters. The Labute approximate surface area is 125 Å². The number of furan rings is 1. The fourth-order valence-electron chi connectivity index (χ4n) is 3.01. The first-order chi connectivity index (χ1) is 10.3. The molecule has 1 aromatic heterocycles. The van der Waals surface area contributed by atoms with E-state index in [9.17, 15) is 4.39 Å². The van der Waals surface area contributed by atoms with Gasteiger partial charge in [-0.1, -0.05) is 37.8 Å². The van der Waals surface area contributed by atoms with Crippen molar-refractivity contribution < 1.29 is 8.81 Å². The minimum absolute atomic E-state index is 0.241. The lowest BCUT2D eigenvalue weighted by atomic mass is 10.1. The van der Waals surface area contributed by atoms with Crippen molar-refractivity contribution in [3.8, 4) is 11.3 Å². The maximum Gasteiger partial charge on any atom is 0.137 e. The Morgan fingerprint density at radius 2 is 1.76 bits per heavy atom. The zero-order chi connectivity index (χ0) is 14.5. The molecule has 0 bridgehead atoms. The van der Waals surface area contributed by atoms with Gasteiger partial charge in [0, 0.05) is 6.04 Å². The van der Waals surface area contributed by atoms with Crippen LogP contribution in [0.5, 0.6) is 0 Å². The van der Waals surface area contributed by atoms with Crippen LogP contribution in [0.25, 0.3) is 11.3 Å². The van der Waals surface area contributed by atoms with E-state index in [1.807, 2.05) is 18.2 Å². The summed E-state index contributed by atoms with van der Waals surface area (Å²) in [5.41, 5.74) is 0.526. The molecule has 0 amide bonds. The quantitative estimate of drug-likeness (QED) is 0.809. The van der Waals surface area contributed by atoms with E-state index >= 15 is 0 Å². The normalized spacial score (nSPS) is 16.8. The Balaban J connectivity index is 1.61. The molecule has 1 heterocycles. The van der Waals surface area contributed by atoms with Gasteiger partial charge in [0.1, 0.15) is 17.3 Å². The van der Waals surface area contributed by atoms with Crippen molar-refractivity contribution in [2.75, 3.05) is 0 Å². The van der Waals surface area contributed by atoms with Crippen LogP contribution in [0, 0.1) is 5.82 Å². The van der Waals surface area contributed by atoms with Crippen LogP contribution in [0.2, 0.25) is 0 Å². The maximum atomic E-state index is 13.7. The Bertz CT molecular complexity index is 570. The minimum atomic E-state index is -0.241. The summed E-state index contributed by atoms with van der Waals surface area (Å²) >= 11 is 0. The number of hydrogen-bond acceptors (Lipinski definition) is 2. The topological polar surface area (TPSA) is 25.2 Å². The first-order valence-electron chi connectivity index (χ1n) is 7.90. The maximum absolute atomic E-state index is 13.7. The molecule has 0 unspecified atom stereocenters. The summed E-state index contributed by atoms with van der Waals surface area (Å²) in [6.07, 6.45) is 7.85. The Kier molecular flexibility index (Phi) is 4.71. The number of benzene rings is 1. The minimum Gasteiger partial charge on any atom is -0.460 e. The van der Waals surface area contributed by atoms with E-state index in [4.69, 9.17) is 4.42 Å². The fourth-order valence-corrected chi connectivity index (χ4v) is 3.01. The molecule has 0 spiro atoms.